The van der Waals surface area contributed by atoms with Gasteiger partial charge in [0.1, 0.15) is 11.5 Å². The van der Waals surface area contributed by atoms with Gasteiger partial charge in [-0.2, -0.15) is 0 Å². The van der Waals surface area contributed by atoms with Gasteiger partial charge in [-0.25, -0.2) is 0 Å². The van der Waals surface area contributed by atoms with Crippen molar-refractivity contribution < 1.29 is 4.74 Å². The fourth-order valence-electron chi connectivity index (χ4n) is 16.6. The lowest BCUT2D eigenvalue weighted by Crippen LogP contribution is -2.65. The predicted octanol–water partition coefficient (Wildman–Crippen LogP) is 11.5. The van der Waals surface area contributed by atoms with E-state index in [-0.39, 0.29) is 13.4 Å². The first-order valence-electron chi connectivity index (χ1n) is 29.2. The van der Waals surface area contributed by atoms with Crippen LogP contribution in [0.15, 0.2) is 91.0 Å². The Morgan fingerprint density at radius 3 is 1.51 bits per heavy atom. The molecule has 72 heavy (non-hydrogen) atoms. The molecule has 362 valence electrons. The quantitative estimate of drug-likeness (QED) is 0.160. The maximum Gasteiger partial charge on any atom is 0.256 e. The lowest BCUT2D eigenvalue weighted by molar-refractivity contribution is 0.440. The second kappa shape index (κ2) is 16.9. The summed E-state index contributed by atoms with van der Waals surface area (Å²) in [6.45, 7) is 7.06. The summed E-state index contributed by atoms with van der Waals surface area (Å²) in [4.78, 5) is 13.8. The number of hydrogen-bond acceptors (Lipinski definition) is 6. The highest BCUT2D eigenvalue weighted by Gasteiger charge is 2.49. The first-order valence-corrected chi connectivity index (χ1v) is 29.2. The smallest absolute Gasteiger partial charge is 0.256 e. The fourth-order valence-corrected chi connectivity index (χ4v) is 16.6. The SMILES string of the molecule is c1ccc(N2c3cc4c(cc3B3c5ccc(N6CCCCC6)c6c5N(CCC6)c5cc(C6CCCCC6)cc2c53)B2c3ccc(N5CCCCC5)c5c3N(CCC5)c3cc(C5CCCCC5)cc(c32)O4)cc1. The van der Waals surface area contributed by atoms with Crippen molar-refractivity contribution in [1.29, 1.82) is 0 Å². The molecule has 6 aromatic carbocycles. The first kappa shape index (κ1) is 42.7. The average Bonchev–Trinajstić information content (AvgIpc) is 3.45. The third kappa shape index (κ3) is 6.41. The van der Waals surface area contributed by atoms with Gasteiger partial charge in [0, 0.05) is 96.5 Å². The van der Waals surface area contributed by atoms with E-state index in [1.54, 1.807) is 16.7 Å². The molecule has 0 atom stereocenters. The Labute approximate surface area is 428 Å². The van der Waals surface area contributed by atoms with Crippen LogP contribution in [-0.2, 0) is 12.8 Å². The molecule has 0 radical (unpaired) electrons. The number of anilines is 9. The molecule has 2 saturated carbocycles. The molecular weight excluding hydrogens is 876 g/mol. The molecule has 4 fully saturated rings. The Balaban J connectivity index is 0.955. The van der Waals surface area contributed by atoms with E-state index in [9.17, 15) is 0 Å². The van der Waals surface area contributed by atoms with Crippen LogP contribution in [0, 0.1) is 0 Å². The van der Waals surface area contributed by atoms with Gasteiger partial charge in [0.25, 0.3) is 13.4 Å². The second-order valence-corrected chi connectivity index (χ2v) is 23.8. The van der Waals surface area contributed by atoms with Crippen molar-refractivity contribution >= 4 is 97.4 Å². The molecule has 0 unspecified atom stereocenters. The highest BCUT2D eigenvalue weighted by atomic mass is 16.5. The van der Waals surface area contributed by atoms with Gasteiger partial charge in [-0.05, 0) is 205 Å². The van der Waals surface area contributed by atoms with Crippen molar-refractivity contribution in [2.75, 3.05) is 63.8 Å². The second-order valence-electron chi connectivity index (χ2n) is 23.8. The number of para-hydroxylation sites is 1. The molecule has 16 rings (SSSR count). The Bertz CT molecular complexity index is 3160. The predicted molar refractivity (Wildman–Crippen MR) is 304 cm³/mol. The van der Waals surface area contributed by atoms with Crippen molar-refractivity contribution in [2.24, 2.45) is 0 Å². The van der Waals surface area contributed by atoms with Crippen LogP contribution >= 0.6 is 0 Å². The molecule has 6 nitrogen and oxygen atoms in total. The molecule has 8 aliphatic heterocycles. The first-order chi connectivity index (χ1) is 35.7. The van der Waals surface area contributed by atoms with Gasteiger partial charge in [-0.1, -0.05) is 74.9 Å². The summed E-state index contributed by atoms with van der Waals surface area (Å²) in [5, 5.41) is 0. The van der Waals surface area contributed by atoms with Gasteiger partial charge < -0.3 is 29.2 Å². The van der Waals surface area contributed by atoms with E-state index in [0.29, 0.717) is 11.8 Å². The van der Waals surface area contributed by atoms with Crippen molar-refractivity contribution in [2.45, 2.75) is 140 Å². The lowest BCUT2D eigenvalue weighted by Gasteiger charge is -2.48. The van der Waals surface area contributed by atoms with E-state index in [1.165, 1.54) is 231 Å². The zero-order valence-corrected chi connectivity index (χ0v) is 42.5. The summed E-state index contributed by atoms with van der Waals surface area (Å²) >= 11 is 0. The number of ether oxygens (including phenoxy) is 1. The minimum atomic E-state index is 0.0955. The van der Waals surface area contributed by atoms with Crippen LogP contribution in [0.3, 0.4) is 0 Å². The maximum absolute atomic E-state index is 7.63. The molecule has 6 aromatic rings. The van der Waals surface area contributed by atoms with Crippen LogP contribution in [0.1, 0.15) is 150 Å². The van der Waals surface area contributed by atoms with Crippen LogP contribution in [0.4, 0.5) is 51.2 Å². The summed E-state index contributed by atoms with van der Waals surface area (Å²) in [7, 11) is 0. The van der Waals surface area contributed by atoms with Gasteiger partial charge in [0.2, 0.25) is 0 Å². The normalized spacial score (nSPS) is 20.8. The summed E-state index contributed by atoms with van der Waals surface area (Å²) in [6, 6.07) is 37.5. The number of rotatable bonds is 5. The molecule has 8 heterocycles. The van der Waals surface area contributed by atoms with E-state index < -0.39 is 0 Å². The number of piperidine rings is 2. The van der Waals surface area contributed by atoms with Crippen molar-refractivity contribution in [3.05, 3.63) is 113 Å². The van der Waals surface area contributed by atoms with Crippen LogP contribution in [0.5, 0.6) is 11.5 Å². The Morgan fingerprint density at radius 1 is 0.389 bits per heavy atom. The fraction of sp³-hybridized carbons (Fsp3) is 0.438. The molecule has 0 N–H and O–H groups in total. The molecule has 10 aliphatic rings. The number of benzene rings is 6. The standard InChI is InChI=1S/C64H69B2N5O/c1-6-18-42(19-7-1)44-36-56-61-58(38-44)71(46-22-10-3-11-23-46)55-41-59-52(40-51(55)65(61)49-26-28-53(67-30-12-4-13-31-67)47-24-16-34-69(56)63(47)49)66-50-27-29-54(68-32-14-5-15-33-68)48-25-17-35-70(64(48)50)57-37-45(39-60(72-59)62(57)66)43-20-8-2-9-21-43/h3,10-11,22-23,26-29,36-43H,1-2,4-9,12-21,24-25,30-35H2. The topological polar surface area (TPSA) is 25.4 Å². The Kier molecular flexibility index (Phi) is 10.0. The van der Waals surface area contributed by atoms with Gasteiger partial charge in [-0.15, -0.1) is 0 Å². The largest absolute Gasteiger partial charge is 0.458 e. The van der Waals surface area contributed by atoms with Crippen LogP contribution in [0.25, 0.3) is 0 Å². The third-order valence-corrected chi connectivity index (χ3v) is 19.9. The number of nitrogens with zero attached hydrogens (tertiary/aromatic N) is 5. The molecule has 0 spiro atoms. The molecular formula is C64H69B2N5O. The summed E-state index contributed by atoms with van der Waals surface area (Å²) in [5.74, 6) is 3.33. The van der Waals surface area contributed by atoms with Crippen LogP contribution in [-0.4, -0.2) is 52.7 Å². The van der Waals surface area contributed by atoms with E-state index in [2.05, 4.69) is 115 Å². The minimum Gasteiger partial charge on any atom is -0.458 e. The van der Waals surface area contributed by atoms with Crippen molar-refractivity contribution in [1.82, 2.24) is 0 Å². The monoisotopic (exact) mass is 946 g/mol. The van der Waals surface area contributed by atoms with Gasteiger partial charge in [0.05, 0.1) is 0 Å². The van der Waals surface area contributed by atoms with Gasteiger partial charge in [0.15, 0.2) is 0 Å². The van der Waals surface area contributed by atoms with Crippen LogP contribution in [0.2, 0.25) is 0 Å². The lowest BCUT2D eigenvalue weighted by atomic mass is 9.30. The number of hydrogen-bond donors (Lipinski definition) is 0. The zero-order chi connectivity index (χ0) is 47.0. The molecule has 0 aromatic heterocycles. The molecule has 2 saturated heterocycles. The van der Waals surface area contributed by atoms with E-state index in [4.69, 9.17) is 4.74 Å². The third-order valence-electron chi connectivity index (χ3n) is 19.9. The van der Waals surface area contributed by atoms with Crippen molar-refractivity contribution in [3.63, 3.8) is 0 Å². The summed E-state index contributed by atoms with van der Waals surface area (Å²) < 4.78 is 7.63. The average molecular weight is 946 g/mol. The highest BCUT2D eigenvalue weighted by molar-refractivity contribution is 7.02. The van der Waals surface area contributed by atoms with Crippen LogP contribution < -0.4 is 62.0 Å². The van der Waals surface area contributed by atoms with E-state index >= 15 is 0 Å². The minimum absolute atomic E-state index is 0.0955. The Hall–Kier alpha value is -5.75. The van der Waals surface area contributed by atoms with Gasteiger partial charge >= 0.3 is 0 Å². The molecule has 0 amide bonds. The van der Waals surface area contributed by atoms with Gasteiger partial charge in [-0.3, -0.25) is 0 Å². The molecule has 8 heteroatoms. The van der Waals surface area contributed by atoms with E-state index in [1.807, 2.05) is 0 Å². The Morgan fingerprint density at radius 2 is 0.917 bits per heavy atom. The summed E-state index contributed by atoms with van der Waals surface area (Å²) in [6.07, 6.45) is 25.8. The highest BCUT2D eigenvalue weighted by Crippen LogP contribution is 2.51. The van der Waals surface area contributed by atoms with Crippen molar-refractivity contribution in [3.8, 4) is 11.5 Å². The maximum atomic E-state index is 7.63. The molecule has 2 aliphatic carbocycles. The van der Waals surface area contributed by atoms with E-state index in [0.717, 1.165) is 37.4 Å². The molecule has 0 bridgehead atoms. The number of fused-ring (bicyclic) bond motifs is 8. The summed E-state index contributed by atoms with van der Waals surface area (Å²) in [5.41, 5.74) is 27.8. The zero-order valence-electron chi connectivity index (χ0n) is 42.5.